The van der Waals surface area contributed by atoms with Crippen LogP contribution in [0.1, 0.15) is 54.9 Å². The van der Waals surface area contributed by atoms with Gasteiger partial charge in [-0.25, -0.2) is 9.97 Å². The van der Waals surface area contributed by atoms with Gasteiger partial charge in [0, 0.05) is 23.9 Å². The summed E-state index contributed by atoms with van der Waals surface area (Å²) in [5.41, 5.74) is 2.19. The molecular formula is C17H25N3O2S. The van der Waals surface area contributed by atoms with Crippen LogP contribution >= 0.6 is 11.3 Å². The zero-order valence-corrected chi connectivity index (χ0v) is 15.4. The summed E-state index contributed by atoms with van der Waals surface area (Å²) >= 11 is 1.70. The zero-order chi connectivity index (χ0) is 16.6. The lowest BCUT2D eigenvalue weighted by Crippen LogP contribution is -2.37. The van der Waals surface area contributed by atoms with Crippen LogP contribution in [-0.2, 0) is 16.7 Å². The highest BCUT2D eigenvalue weighted by atomic mass is 32.1. The third-order valence-corrected chi connectivity index (χ3v) is 5.08. The zero-order valence-electron chi connectivity index (χ0n) is 14.5. The van der Waals surface area contributed by atoms with Gasteiger partial charge in [-0.05, 0) is 13.8 Å². The van der Waals surface area contributed by atoms with Crippen molar-refractivity contribution >= 4 is 11.3 Å². The number of morpholine rings is 1. The summed E-state index contributed by atoms with van der Waals surface area (Å²) in [5, 5.41) is 3.22. The van der Waals surface area contributed by atoms with E-state index in [-0.39, 0.29) is 11.5 Å². The fourth-order valence-corrected chi connectivity index (χ4v) is 3.66. The molecule has 1 aliphatic rings. The normalized spacial score (nSPS) is 20.1. The van der Waals surface area contributed by atoms with Crippen LogP contribution in [0.25, 0.3) is 0 Å². The number of nitrogens with zero attached hydrogens (tertiary/aromatic N) is 3. The van der Waals surface area contributed by atoms with E-state index in [4.69, 9.17) is 14.1 Å². The molecular weight excluding hydrogens is 310 g/mol. The molecule has 1 saturated heterocycles. The highest BCUT2D eigenvalue weighted by Crippen LogP contribution is 2.30. The van der Waals surface area contributed by atoms with Gasteiger partial charge in [0.15, 0.2) is 0 Å². The minimum Gasteiger partial charge on any atom is -0.444 e. The Bertz CT molecular complexity index is 652. The molecule has 0 saturated carbocycles. The molecule has 1 aliphatic heterocycles. The van der Waals surface area contributed by atoms with E-state index < -0.39 is 0 Å². The maximum absolute atomic E-state index is 5.94. The molecule has 0 radical (unpaired) electrons. The van der Waals surface area contributed by atoms with Crippen molar-refractivity contribution < 1.29 is 9.15 Å². The fourth-order valence-electron chi connectivity index (χ4n) is 2.57. The van der Waals surface area contributed by atoms with Crippen LogP contribution in [0, 0.1) is 13.8 Å². The molecule has 6 heteroatoms. The molecule has 0 aliphatic carbocycles. The summed E-state index contributed by atoms with van der Waals surface area (Å²) < 4.78 is 11.6. The van der Waals surface area contributed by atoms with Crippen molar-refractivity contribution in [2.75, 3.05) is 19.7 Å². The molecule has 126 valence electrons. The van der Waals surface area contributed by atoms with Crippen LogP contribution in [0.3, 0.4) is 0 Å². The average Bonchev–Trinajstić information content (AvgIpc) is 3.07. The van der Waals surface area contributed by atoms with Crippen LogP contribution in [0.5, 0.6) is 0 Å². The SMILES string of the molecule is Cc1nc(CN2CCO[C@H](c3nc(C(C)(C)C)cs3)C2)oc1C. The molecule has 3 heterocycles. The van der Waals surface area contributed by atoms with E-state index in [1.54, 1.807) is 11.3 Å². The molecule has 0 aromatic carbocycles. The van der Waals surface area contributed by atoms with E-state index >= 15 is 0 Å². The van der Waals surface area contributed by atoms with Crippen LogP contribution in [0.4, 0.5) is 0 Å². The second-order valence-electron chi connectivity index (χ2n) is 7.16. The van der Waals surface area contributed by atoms with Crippen molar-refractivity contribution in [3.63, 3.8) is 0 Å². The molecule has 0 amide bonds. The van der Waals surface area contributed by atoms with Gasteiger partial charge in [0.05, 0.1) is 24.5 Å². The lowest BCUT2D eigenvalue weighted by Gasteiger charge is -2.31. The van der Waals surface area contributed by atoms with Gasteiger partial charge < -0.3 is 9.15 Å². The van der Waals surface area contributed by atoms with Crippen molar-refractivity contribution in [3.8, 4) is 0 Å². The van der Waals surface area contributed by atoms with E-state index in [2.05, 4.69) is 36.0 Å². The Labute approximate surface area is 141 Å². The summed E-state index contributed by atoms with van der Waals surface area (Å²) in [5.74, 6) is 1.69. The third kappa shape index (κ3) is 3.82. The first-order valence-corrected chi connectivity index (χ1v) is 8.93. The van der Waals surface area contributed by atoms with Gasteiger partial charge in [0.25, 0.3) is 0 Å². The molecule has 23 heavy (non-hydrogen) atoms. The maximum atomic E-state index is 5.94. The van der Waals surface area contributed by atoms with E-state index in [1.807, 2.05) is 13.8 Å². The number of aromatic nitrogens is 2. The van der Waals surface area contributed by atoms with E-state index in [9.17, 15) is 0 Å². The van der Waals surface area contributed by atoms with E-state index in [0.717, 1.165) is 47.7 Å². The molecule has 0 unspecified atom stereocenters. The van der Waals surface area contributed by atoms with Crippen LogP contribution in [-0.4, -0.2) is 34.6 Å². The average molecular weight is 335 g/mol. The largest absolute Gasteiger partial charge is 0.444 e. The van der Waals surface area contributed by atoms with Crippen molar-refractivity contribution in [2.24, 2.45) is 0 Å². The number of aryl methyl sites for hydroxylation is 2. The predicted molar refractivity (Wildman–Crippen MR) is 90.8 cm³/mol. The number of thiazole rings is 1. The second kappa shape index (κ2) is 6.34. The van der Waals surface area contributed by atoms with Crippen LogP contribution in [0.2, 0.25) is 0 Å². The maximum Gasteiger partial charge on any atom is 0.208 e. The van der Waals surface area contributed by atoms with Crippen LogP contribution < -0.4 is 0 Å². The standard InChI is InChI=1S/C17H25N3O2S/c1-11-12(2)22-15(18-11)9-20-6-7-21-13(8-20)16-19-14(10-23-16)17(3,4)5/h10,13H,6-9H2,1-5H3/t13-/m0/s1. The summed E-state index contributed by atoms with van der Waals surface area (Å²) in [6.07, 6.45) is 0.0435. The monoisotopic (exact) mass is 335 g/mol. The van der Waals surface area contributed by atoms with Crippen molar-refractivity contribution in [3.05, 3.63) is 33.4 Å². The molecule has 0 bridgehead atoms. The third-order valence-electron chi connectivity index (χ3n) is 4.15. The van der Waals surface area contributed by atoms with Gasteiger partial charge in [0.1, 0.15) is 16.9 Å². The Hall–Kier alpha value is -1.24. The Kier molecular flexibility index (Phi) is 4.58. The first-order chi connectivity index (χ1) is 10.8. The lowest BCUT2D eigenvalue weighted by atomic mass is 9.93. The highest BCUT2D eigenvalue weighted by Gasteiger charge is 2.27. The molecule has 3 rings (SSSR count). The van der Waals surface area contributed by atoms with E-state index in [0.29, 0.717) is 6.61 Å². The van der Waals surface area contributed by atoms with Gasteiger partial charge in [-0.3, -0.25) is 4.90 Å². The molecule has 2 aromatic rings. The molecule has 0 spiro atoms. The van der Waals surface area contributed by atoms with Gasteiger partial charge in [0.2, 0.25) is 5.89 Å². The topological polar surface area (TPSA) is 51.4 Å². The van der Waals surface area contributed by atoms with Gasteiger partial charge in [-0.15, -0.1) is 11.3 Å². The Balaban J connectivity index is 1.67. The molecule has 5 nitrogen and oxygen atoms in total. The first kappa shape index (κ1) is 16.6. The Morgan fingerprint density at radius 1 is 1.30 bits per heavy atom. The number of rotatable bonds is 3. The van der Waals surface area contributed by atoms with Gasteiger partial charge >= 0.3 is 0 Å². The summed E-state index contributed by atoms with van der Waals surface area (Å²) in [6, 6.07) is 0. The van der Waals surface area contributed by atoms with Crippen molar-refractivity contribution in [1.82, 2.24) is 14.9 Å². The van der Waals surface area contributed by atoms with Crippen molar-refractivity contribution in [1.29, 1.82) is 0 Å². The molecule has 1 atom stereocenters. The number of hydrogen-bond acceptors (Lipinski definition) is 6. The molecule has 2 aromatic heterocycles. The summed E-state index contributed by atoms with van der Waals surface area (Å²) in [6.45, 7) is 13.7. The number of ether oxygens (including phenoxy) is 1. The fraction of sp³-hybridized carbons (Fsp3) is 0.647. The lowest BCUT2D eigenvalue weighted by molar-refractivity contribution is -0.0353. The number of hydrogen-bond donors (Lipinski definition) is 0. The summed E-state index contributed by atoms with van der Waals surface area (Å²) in [7, 11) is 0. The van der Waals surface area contributed by atoms with Crippen LogP contribution in [0.15, 0.2) is 9.80 Å². The predicted octanol–water partition coefficient (Wildman–Crippen LogP) is 3.62. The smallest absolute Gasteiger partial charge is 0.208 e. The van der Waals surface area contributed by atoms with E-state index in [1.165, 1.54) is 0 Å². The minimum atomic E-state index is 0.0435. The first-order valence-electron chi connectivity index (χ1n) is 8.05. The Morgan fingerprint density at radius 2 is 2.09 bits per heavy atom. The second-order valence-corrected chi connectivity index (χ2v) is 8.05. The Morgan fingerprint density at radius 3 is 2.70 bits per heavy atom. The minimum absolute atomic E-state index is 0.0435. The molecule has 1 fully saturated rings. The van der Waals surface area contributed by atoms with Gasteiger partial charge in [-0.2, -0.15) is 0 Å². The molecule has 0 N–H and O–H groups in total. The highest BCUT2D eigenvalue weighted by molar-refractivity contribution is 7.09. The van der Waals surface area contributed by atoms with Gasteiger partial charge in [-0.1, -0.05) is 20.8 Å². The van der Waals surface area contributed by atoms with Crippen molar-refractivity contribution in [2.45, 2.75) is 52.7 Å². The quantitative estimate of drug-likeness (QED) is 0.857. The number of oxazole rings is 1. The summed E-state index contributed by atoms with van der Waals surface area (Å²) in [4.78, 5) is 11.6.